The van der Waals surface area contributed by atoms with Crippen LogP contribution in [0, 0.1) is 0 Å². The molecule has 0 spiro atoms. The highest BCUT2D eigenvalue weighted by Gasteiger charge is 1.86. The maximum Gasteiger partial charge on any atom is 0.373 e. The fourth-order valence-corrected chi connectivity index (χ4v) is 1.99. The third-order valence-electron chi connectivity index (χ3n) is 3.34. The third kappa shape index (κ3) is 17.5. The number of azide groups is 3. The fourth-order valence-electron chi connectivity index (χ4n) is 1.99. The van der Waals surface area contributed by atoms with Gasteiger partial charge in [-0.3, -0.25) is 4.98 Å². The quantitative estimate of drug-likeness (QED) is 0.245. The van der Waals surface area contributed by atoms with Gasteiger partial charge in [0.05, 0.1) is 19.6 Å². The van der Waals surface area contributed by atoms with E-state index in [1.807, 2.05) is 78.9 Å². The van der Waals surface area contributed by atoms with Crippen LogP contribution in [0.3, 0.4) is 0 Å². The van der Waals surface area contributed by atoms with Gasteiger partial charge >= 0.3 is 6.15 Å². The Hall–Kier alpha value is -5.10. The van der Waals surface area contributed by atoms with Gasteiger partial charge in [-0.05, 0) is 39.9 Å². The Bertz CT molecular complexity index is 938. The van der Waals surface area contributed by atoms with Gasteiger partial charge in [-0.2, -0.15) is 9.59 Å². The zero-order chi connectivity index (χ0) is 24.4. The van der Waals surface area contributed by atoms with Crippen molar-refractivity contribution in [3.63, 3.8) is 0 Å². The Morgan fingerprint density at radius 1 is 0.636 bits per heavy atom. The van der Waals surface area contributed by atoms with Crippen molar-refractivity contribution in [1.82, 2.24) is 4.98 Å². The molecule has 0 atom stereocenters. The predicted octanol–water partition coefficient (Wildman–Crippen LogP) is 6.30. The number of hydrogen-bond donors (Lipinski definition) is 0. The summed E-state index contributed by atoms with van der Waals surface area (Å²) in [5.74, 6) is 0. The molecule has 0 unspecified atom stereocenters. The molecule has 0 N–H and O–H groups in total. The maximum absolute atomic E-state index is 8.12. The second-order valence-corrected chi connectivity index (χ2v) is 5.54. The van der Waals surface area contributed by atoms with Gasteiger partial charge < -0.3 is 0 Å². The molecule has 0 aliphatic carbocycles. The van der Waals surface area contributed by atoms with Gasteiger partial charge in [-0.25, -0.2) is 0 Å². The molecule has 2 aromatic carbocycles. The lowest BCUT2D eigenvalue weighted by Crippen LogP contribution is -1.82. The molecule has 0 saturated carbocycles. The molecule has 33 heavy (non-hydrogen) atoms. The van der Waals surface area contributed by atoms with E-state index >= 15 is 0 Å². The first-order chi connectivity index (χ1) is 16.2. The Morgan fingerprint density at radius 2 is 1.03 bits per heavy atom. The summed E-state index contributed by atoms with van der Waals surface area (Å²) in [6, 6.07) is 24.7. The average Bonchev–Trinajstić information content (AvgIpc) is 2.88. The molecule has 3 aromatic rings. The van der Waals surface area contributed by atoms with E-state index in [4.69, 9.17) is 26.2 Å². The molecule has 12 nitrogen and oxygen atoms in total. The summed E-state index contributed by atoms with van der Waals surface area (Å²) in [6.07, 6.45) is 1.92. The van der Waals surface area contributed by atoms with E-state index in [0.29, 0.717) is 19.6 Å². The minimum atomic E-state index is 0.250. The Balaban J connectivity index is 0.000000439. The van der Waals surface area contributed by atoms with E-state index in [1.165, 1.54) is 0 Å². The topological polar surface area (TPSA) is 193 Å². The van der Waals surface area contributed by atoms with E-state index in [9.17, 15) is 0 Å². The third-order valence-corrected chi connectivity index (χ3v) is 3.34. The number of carbonyl (C=O) groups excluding carboxylic acids is 2. The highest BCUT2D eigenvalue weighted by molar-refractivity contribution is 5.20. The van der Waals surface area contributed by atoms with Crippen LogP contribution in [0.4, 0.5) is 0 Å². The van der Waals surface area contributed by atoms with Crippen molar-refractivity contribution < 1.29 is 9.59 Å². The summed E-state index contributed by atoms with van der Waals surface area (Å²) in [4.78, 5) is 28.1. The van der Waals surface area contributed by atoms with Gasteiger partial charge in [-0.1, -0.05) is 82.1 Å². The standard InChI is InChI=1S/2C7H7N3.C6H6N4.CO2/c2*8-10-9-6-7-4-2-1-3-5-7;7-10-9-5-6-3-1-2-4-8-6;2-1-3/h2*1-5H,6H2;1-4H,5H2;. The van der Waals surface area contributed by atoms with Crippen molar-refractivity contribution in [2.24, 2.45) is 15.3 Å². The van der Waals surface area contributed by atoms with Gasteiger partial charge in [0.2, 0.25) is 0 Å². The summed E-state index contributed by atoms with van der Waals surface area (Å²) < 4.78 is 0. The summed E-state index contributed by atoms with van der Waals surface area (Å²) in [5.41, 5.74) is 26.8. The molecule has 0 radical (unpaired) electrons. The van der Waals surface area contributed by atoms with Crippen LogP contribution in [0.15, 0.2) is 100 Å². The number of aromatic nitrogens is 1. The Labute approximate surface area is 189 Å². The average molecular weight is 444 g/mol. The molecule has 166 valence electrons. The van der Waals surface area contributed by atoms with Crippen LogP contribution in [0.2, 0.25) is 0 Å². The lowest BCUT2D eigenvalue weighted by Gasteiger charge is -1.90. The molecule has 12 heteroatoms. The second-order valence-electron chi connectivity index (χ2n) is 5.54. The molecule has 0 bridgehead atoms. The molecular weight excluding hydrogens is 424 g/mol. The molecule has 1 aromatic heterocycles. The van der Waals surface area contributed by atoms with Crippen molar-refractivity contribution in [3.05, 3.63) is 133 Å². The minimum Gasteiger partial charge on any atom is -0.261 e. The molecule has 0 saturated heterocycles. The van der Waals surface area contributed by atoms with Crippen molar-refractivity contribution in [2.75, 3.05) is 0 Å². The number of nitrogens with zero attached hydrogens (tertiary/aromatic N) is 10. The normalized spacial score (nSPS) is 7.88. The molecule has 0 aliphatic heterocycles. The van der Waals surface area contributed by atoms with Gasteiger partial charge in [0.1, 0.15) is 0 Å². The zero-order valence-electron chi connectivity index (χ0n) is 17.5. The molecule has 0 aliphatic rings. The van der Waals surface area contributed by atoms with Crippen LogP contribution in [0.5, 0.6) is 0 Å². The zero-order valence-corrected chi connectivity index (χ0v) is 17.5. The van der Waals surface area contributed by atoms with Crippen molar-refractivity contribution >= 4 is 6.15 Å². The first-order valence-electron chi connectivity index (χ1n) is 9.21. The van der Waals surface area contributed by atoms with Crippen LogP contribution < -0.4 is 0 Å². The molecule has 0 fully saturated rings. The van der Waals surface area contributed by atoms with Crippen molar-refractivity contribution in [3.8, 4) is 0 Å². The number of pyridine rings is 1. The monoisotopic (exact) mass is 444 g/mol. The van der Waals surface area contributed by atoms with E-state index in [-0.39, 0.29) is 6.15 Å². The Kier molecular flexibility index (Phi) is 18.3. The Morgan fingerprint density at radius 3 is 1.39 bits per heavy atom. The lowest BCUT2D eigenvalue weighted by molar-refractivity contribution is -0.191. The van der Waals surface area contributed by atoms with E-state index < -0.39 is 0 Å². The summed E-state index contributed by atoms with van der Waals surface area (Å²) in [6.45, 7) is 1.21. The molecule has 1 heterocycles. The number of hydrogen-bond acceptors (Lipinski definition) is 6. The fraction of sp³-hybridized carbons (Fsp3) is 0.143. The van der Waals surface area contributed by atoms with Crippen LogP contribution in [0.1, 0.15) is 16.8 Å². The van der Waals surface area contributed by atoms with Gasteiger partial charge in [0, 0.05) is 26.6 Å². The SMILES string of the molecule is O=C=O.[N-]=[N+]=NCc1ccccc1.[N-]=[N+]=NCc1ccccc1.[N-]=[N+]=NCc1ccccn1. The number of rotatable bonds is 6. The summed E-state index contributed by atoms with van der Waals surface area (Å²) in [7, 11) is 0. The van der Waals surface area contributed by atoms with Crippen LogP contribution >= 0.6 is 0 Å². The van der Waals surface area contributed by atoms with Crippen LogP contribution in [-0.4, -0.2) is 11.1 Å². The highest BCUT2D eigenvalue weighted by atomic mass is 16.2. The van der Waals surface area contributed by atoms with E-state index in [1.54, 1.807) is 6.20 Å². The lowest BCUT2D eigenvalue weighted by atomic mass is 10.2. The maximum atomic E-state index is 8.12. The molecule has 3 rings (SSSR count). The smallest absolute Gasteiger partial charge is 0.261 e. The highest BCUT2D eigenvalue weighted by Crippen LogP contribution is 2.00. The van der Waals surface area contributed by atoms with Crippen molar-refractivity contribution in [1.29, 1.82) is 0 Å². The van der Waals surface area contributed by atoms with Gasteiger partial charge in [-0.15, -0.1) is 0 Å². The van der Waals surface area contributed by atoms with Crippen LogP contribution in [0.25, 0.3) is 31.3 Å². The van der Waals surface area contributed by atoms with Crippen molar-refractivity contribution in [2.45, 2.75) is 19.6 Å². The molecular formula is C21H20N10O2. The predicted molar refractivity (Wildman–Crippen MR) is 121 cm³/mol. The first-order valence-corrected chi connectivity index (χ1v) is 9.21. The largest absolute Gasteiger partial charge is 0.373 e. The van der Waals surface area contributed by atoms with E-state index in [2.05, 4.69) is 35.1 Å². The van der Waals surface area contributed by atoms with E-state index in [0.717, 1.165) is 16.8 Å². The van der Waals surface area contributed by atoms with Crippen LogP contribution in [-0.2, 0) is 29.2 Å². The summed E-state index contributed by atoms with van der Waals surface area (Å²) in [5, 5.41) is 10.2. The second kappa shape index (κ2) is 21.6. The number of benzene rings is 2. The van der Waals surface area contributed by atoms with Gasteiger partial charge in [0.15, 0.2) is 0 Å². The minimum absolute atomic E-state index is 0.250. The van der Waals surface area contributed by atoms with Gasteiger partial charge in [0.25, 0.3) is 0 Å². The first kappa shape index (κ1) is 27.9. The molecule has 0 amide bonds. The summed E-state index contributed by atoms with van der Waals surface area (Å²) >= 11 is 0.